The van der Waals surface area contributed by atoms with E-state index in [4.69, 9.17) is 0 Å². The second-order valence-electron chi connectivity index (χ2n) is 7.37. The third-order valence-electron chi connectivity index (χ3n) is 5.76. The Kier molecular flexibility index (Phi) is 4.23. The van der Waals surface area contributed by atoms with E-state index < -0.39 is 6.09 Å². The van der Waals surface area contributed by atoms with E-state index in [2.05, 4.69) is 26.5 Å². The van der Waals surface area contributed by atoms with Gasteiger partial charge in [-0.2, -0.15) is 0 Å². The first-order valence-electron chi connectivity index (χ1n) is 9.21. The molecular formula is C18H25N5O2. The summed E-state index contributed by atoms with van der Waals surface area (Å²) in [5.74, 6) is 1.40. The molecule has 134 valence electrons. The monoisotopic (exact) mass is 343 g/mol. The van der Waals surface area contributed by atoms with Crippen LogP contribution >= 0.6 is 0 Å². The van der Waals surface area contributed by atoms with Crippen molar-refractivity contribution in [2.45, 2.75) is 63.5 Å². The number of carboxylic acid groups (broad SMARTS) is 1. The molecule has 3 heterocycles. The first-order chi connectivity index (χ1) is 12.1. The molecule has 4 rings (SSSR count). The van der Waals surface area contributed by atoms with Gasteiger partial charge in [0.15, 0.2) is 0 Å². The highest BCUT2D eigenvalue weighted by Gasteiger charge is 2.30. The van der Waals surface area contributed by atoms with Crippen LogP contribution in [0.5, 0.6) is 0 Å². The zero-order valence-electron chi connectivity index (χ0n) is 14.5. The molecule has 1 saturated carbocycles. The quantitative estimate of drug-likeness (QED) is 0.792. The number of hydrogen-bond donors (Lipinski definition) is 3. The fourth-order valence-electron chi connectivity index (χ4n) is 4.34. The van der Waals surface area contributed by atoms with Crippen LogP contribution < -0.4 is 5.32 Å². The van der Waals surface area contributed by atoms with Gasteiger partial charge in [-0.1, -0.05) is 12.8 Å². The largest absolute Gasteiger partial charge is 0.465 e. The maximum absolute atomic E-state index is 11.4. The molecule has 25 heavy (non-hydrogen) atoms. The summed E-state index contributed by atoms with van der Waals surface area (Å²) in [4.78, 5) is 25.1. The summed E-state index contributed by atoms with van der Waals surface area (Å²) in [5, 5.41) is 14.0. The highest BCUT2D eigenvalue weighted by atomic mass is 16.4. The van der Waals surface area contributed by atoms with Gasteiger partial charge in [0.25, 0.3) is 0 Å². The third-order valence-corrected chi connectivity index (χ3v) is 5.76. The second-order valence-corrected chi connectivity index (χ2v) is 7.37. The first kappa shape index (κ1) is 16.2. The lowest BCUT2D eigenvalue weighted by Gasteiger charge is -2.36. The van der Waals surface area contributed by atoms with Gasteiger partial charge in [-0.15, -0.1) is 0 Å². The molecule has 0 aromatic carbocycles. The molecule has 7 nitrogen and oxygen atoms in total. The second kappa shape index (κ2) is 6.54. The van der Waals surface area contributed by atoms with Gasteiger partial charge < -0.3 is 20.3 Å². The molecule has 0 radical (unpaired) electrons. The number of H-pyrrole nitrogens is 1. The summed E-state index contributed by atoms with van der Waals surface area (Å²) in [5.41, 5.74) is 2.16. The highest BCUT2D eigenvalue weighted by molar-refractivity contribution is 5.91. The zero-order valence-corrected chi connectivity index (χ0v) is 14.5. The number of aromatic nitrogens is 3. The number of anilines is 1. The number of carbonyl (C=O) groups is 1. The molecule has 2 aliphatic rings. The first-order valence-corrected chi connectivity index (χ1v) is 9.21. The third kappa shape index (κ3) is 3.03. The van der Waals surface area contributed by atoms with Crippen LogP contribution in [0.15, 0.2) is 12.5 Å². The summed E-state index contributed by atoms with van der Waals surface area (Å²) in [7, 11) is 0. The van der Waals surface area contributed by atoms with E-state index in [1.54, 1.807) is 6.33 Å². The van der Waals surface area contributed by atoms with Crippen molar-refractivity contribution >= 4 is 22.9 Å². The number of piperidine rings is 1. The minimum absolute atomic E-state index is 0.0716. The number of likely N-dealkylation sites (tertiary alicyclic amines) is 1. The number of aromatic amines is 1. The molecular weight excluding hydrogens is 318 g/mol. The van der Waals surface area contributed by atoms with Crippen LogP contribution in [0.2, 0.25) is 0 Å². The molecule has 0 bridgehead atoms. The van der Waals surface area contributed by atoms with Gasteiger partial charge in [-0.25, -0.2) is 14.8 Å². The van der Waals surface area contributed by atoms with Crippen molar-refractivity contribution in [2.75, 3.05) is 11.9 Å². The maximum Gasteiger partial charge on any atom is 0.407 e. The number of rotatable bonds is 3. The summed E-state index contributed by atoms with van der Waals surface area (Å²) in [6.45, 7) is 2.46. The maximum atomic E-state index is 11.4. The molecule has 1 aliphatic heterocycles. The minimum Gasteiger partial charge on any atom is -0.465 e. The fourth-order valence-corrected chi connectivity index (χ4v) is 4.34. The van der Waals surface area contributed by atoms with Crippen molar-refractivity contribution in [3.63, 3.8) is 0 Å². The average molecular weight is 343 g/mol. The van der Waals surface area contributed by atoms with Crippen LogP contribution in [0.4, 0.5) is 10.6 Å². The van der Waals surface area contributed by atoms with Crippen molar-refractivity contribution in [3.8, 4) is 0 Å². The van der Waals surface area contributed by atoms with Gasteiger partial charge in [-0.3, -0.25) is 0 Å². The van der Waals surface area contributed by atoms with Crippen LogP contribution in [-0.2, 0) is 0 Å². The Morgan fingerprint density at radius 1 is 1.28 bits per heavy atom. The lowest BCUT2D eigenvalue weighted by molar-refractivity contribution is 0.108. The van der Waals surface area contributed by atoms with Crippen molar-refractivity contribution in [1.29, 1.82) is 0 Å². The Labute approximate surface area is 146 Å². The van der Waals surface area contributed by atoms with Crippen LogP contribution in [0.25, 0.3) is 11.0 Å². The number of fused-ring (bicyclic) bond motifs is 1. The fraction of sp³-hybridized carbons (Fsp3) is 0.611. The summed E-state index contributed by atoms with van der Waals surface area (Å²) < 4.78 is 0. The molecule has 0 unspecified atom stereocenters. The number of nitrogens with zero attached hydrogens (tertiary/aromatic N) is 3. The van der Waals surface area contributed by atoms with E-state index >= 15 is 0 Å². The Bertz CT molecular complexity index is 768. The normalized spacial score (nSPS) is 24.8. The summed E-state index contributed by atoms with van der Waals surface area (Å²) in [6, 6.07) is 0.152. The summed E-state index contributed by atoms with van der Waals surface area (Å²) >= 11 is 0. The van der Waals surface area contributed by atoms with Crippen LogP contribution in [0, 0.1) is 0 Å². The summed E-state index contributed by atoms with van der Waals surface area (Å²) in [6.07, 6.45) is 9.60. The molecule has 1 amide bonds. The number of hydrogen-bond acceptors (Lipinski definition) is 4. The highest BCUT2D eigenvalue weighted by Crippen LogP contribution is 2.39. The predicted molar refractivity (Wildman–Crippen MR) is 95.9 cm³/mol. The van der Waals surface area contributed by atoms with Gasteiger partial charge in [0, 0.05) is 24.8 Å². The van der Waals surface area contributed by atoms with Gasteiger partial charge in [-0.05, 0) is 44.1 Å². The van der Waals surface area contributed by atoms with Gasteiger partial charge >= 0.3 is 6.09 Å². The predicted octanol–water partition coefficient (Wildman–Crippen LogP) is 3.56. The molecule has 0 spiro atoms. The lowest BCUT2D eigenvalue weighted by Crippen LogP contribution is -2.49. The Balaban J connectivity index is 1.61. The molecule has 2 aromatic rings. The van der Waals surface area contributed by atoms with E-state index in [1.165, 1.54) is 36.1 Å². The van der Waals surface area contributed by atoms with E-state index in [1.807, 2.05) is 6.92 Å². The van der Waals surface area contributed by atoms with E-state index in [0.717, 1.165) is 29.7 Å². The Morgan fingerprint density at radius 2 is 2.08 bits per heavy atom. The van der Waals surface area contributed by atoms with Crippen molar-refractivity contribution < 1.29 is 9.90 Å². The molecule has 7 heteroatoms. The van der Waals surface area contributed by atoms with Gasteiger partial charge in [0.2, 0.25) is 0 Å². The average Bonchev–Trinajstić information content (AvgIpc) is 3.25. The SMILES string of the molecule is C[C@H]1CC[C@@H](Nc2ncnc3[nH]cc(C4CCCC4)c23)CN1C(=O)O. The van der Waals surface area contributed by atoms with Crippen molar-refractivity contribution in [1.82, 2.24) is 19.9 Å². The van der Waals surface area contributed by atoms with Crippen LogP contribution in [0.1, 0.15) is 56.9 Å². The molecule has 3 N–H and O–H groups in total. The van der Waals surface area contributed by atoms with Crippen LogP contribution in [0.3, 0.4) is 0 Å². The molecule has 1 aliphatic carbocycles. The van der Waals surface area contributed by atoms with E-state index in [-0.39, 0.29) is 12.1 Å². The van der Waals surface area contributed by atoms with E-state index in [9.17, 15) is 9.90 Å². The molecule has 1 saturated heterocycles. The Hall–Kier alpha value is -2.31. The minimum atomic E-state index is -0.847. The molecule has 2 aromatic heterocycles. The van der Waals surface area contributed by atoms with Gasteiger partial charge in [0.1, 0.15) is 17.8 Å². The smallest absolute Gasteiger partial charge is 0.407 e. The van der Waals surface area contributed by atoms with Crippen LogP contribution in [-0.4, -0.2) is 49.7 Å². The van der Waals surface area contributed by atoms with E-state index in [0.29, 0.717) is 12.5 Å². The number of nitrogens with one attached hydrogen (secondary N) is 2. The standard InChI is InChI=1S/C18H25N5O2/c1-11-6-7-13(9-23(11)18(24)25)22-17-15-14(12-4-2-3-5-12)8-19-16(15)20-10-21-17/h8,10-13H,2-7,9H2,1H3,(H,24,25)(H2,19,20,21,22)/t11-,13+/m0/s1. The lowest BCUT2D eigenvalue weighted by atomic mass is 9.97. The molecule has 2 atom stereocenters. The topological polar surface area (TPSA) is 94.1 Å². The van der Waals surface area contributed by atoms with Gasteiger partial charge in [0.05, 0.1) is 5.39 Å². The molecule has 2 fully saturated rings. The van der Waals surface area contributed by atoms with Crippen molar-refractivity contribution in [3.05, 3.63) is 18.1 Å². The Morgan fingerprint density at radius 3 is 2.84 bits per heavy atom. The zero-order chi connectivity index (χ0) is 17.4. The number of amides is 1. The van der Waals surface area contributed by atoms with Crippen molar-refractivity contribution in [2.24, 2.45) is 0 Å².